The van der Waals surface area contributed by atoms with Crippen molar-refractivity contribution < 1.29 is 14.3 Å². The first kappa shape index (κ1) is 20.8. The second-order valence-electron chi connectivity index (χ2n) is 8.38. The van der Waals surface area contributed by atoms with Gasteiger partial charge in [0.05, 0.1) is 7.11 Å². The van der Waals surface area contributed by atoms with Crippen LogP contribution in [0.5, 0.6) is 0 Å². The Balaban J connectivity index is 2.66. The highest BCUT2D eigenvalue weighted by molar-refractivity contribution is 6.87. The number of nitrogens with one attached hydrogen (secondary N) is 1. The summed E-state index contributed by atoms with van der Waals surface area (Å²) in [6, 6.07) is -0.666. The third-order valence-corrected chi connectivity index (χ3v) is 9.90. The minimum atomic E-state index is -1.71. The first-order valence-corrected chi connectivity index (χ1v) is 11.9. The number of carbonyl (C=O) groups is 2. The maximum absolute atomic E-state index is 12.2. The number of esters is 1. The van der Waals surface area contributed by atoms with E-state index in [1.807, 2.05) is 0 Å². The Kier molecular flexibility index (Phi) is 7.53. The molecule has 136 valence electrons. The number of rotatable bonds is 5. The molecule has 0 saturated heterocycles. The first-order valence-electron chi connectivity index (χ1n) is 8.94. The van der Waals surface area contributed by atoms with Gasteiger partial charge in [0.1, 0.15) is 14.1 Å². The molecule has 0 aliphatic heterocycles. The number of hydrogen-bond donors (Lipinski definition) is 1. The predicted molar refractivity (Wildman–Crippen MR) is 100 cm³/mol. The summed E-state index contributed by atoms with van der Waals surface area (Å²) in [4.78, 5) is 24.1. The van der Waals surface area contributed by atoms with Crippen molar-refractivity contribution in [2.24, 2.45) is 5.92 Å². The van der Waals surface area contributed by atoms with Crippen LogP contribution in [0.1, 0.15) is 59.3 Å². The average Bonchev–Trinajstić information content (AvgIpc) is 2.96. The Labute approximate surface area is 148 Å². The molecule has 0 unspecified atom stereocenters. The Bertz CT molecular complexity index is 505. The number of carbonyl (C=O) groups excluding carboxylic acids is 2. The minimum Gasteiger partial charge on any atom is -0.467 e. The van der Waals surface area contributed by atoms with E-state index in [0.29, 0.717) is 18.8 Å². The zero-order valence-electron chi connectivity index (χ0n) is 16.1. The van der Waals surface area contributed by atoms with Crippen molar-refractivity contribution >= 4 is 20.0 Å². The maximum Gasteiger partial charge on any atom is 0.329 e. The van der Waals surface area contributed by atoms with Crippen molar-refractivity contribution in [1.29, 1.82) is 0 Å². The molecule has 1 aliphatic carbocycles. The number of ether oxygens (including phenoxy) is 1. The first-order chi connectivity index (χ1) is 11.1. The van der Waals surface area contributed by atoms with Gasteiger partial charge in [-0.1, -0.05) is 46.7 Å². The maximum atomic E-state index is 12.2. The van der Waals surface area contributed by atoms with Gasteiger partial charge in [-0.15, -0.1) is 11.5 Å². The lowest BCUT2D eigenvalue weighted by atomic mass is 10.0. The van der Waals surface area contributed by atoms with Crippen molar-refractivity contribution in [3.8, 4) is 11.5 Å². The Morgan fingerprint density at radius 2 is 1.83 bits per heavy atom. The molecule has 1 rings (SSSR count). The molecule has 0 aromatic heterocycles. The van der Waals surface area contributed by atoms with Gasteiger partial charge in [-0.3, -0.25) is 4.79 Å². The second-order valence-corrected chi connectivity index (χ2v) is 13.4. The largest absolute Gasteiger partial charge is 0.467 e. The highest BCUT2D eigenvalue weighted by atomic mass is 28.3. The number of methoxy groups -OCH3 is 1. The molecule has 1 N–H and O–H groups in total. The predicted octanol–water partition coefficient (Wildman–Crippen LogP) is 3.67. The number of hydrogen-bond acceptors (Lipinski definition) is 3. The topological polar surface area (TPSA) is 55.4 Å². The van der Waals surface area contributed by atoms with Crippen molar-refractivity contribution in [3.05, 3.63) is 0 Å². The summed E-state index contributed by atoms with van der Waals surface area (Å²) >= 11 is 0. The fraction of sp³-hybridized carbons (Fsp3) is 0.789. The zero-order valence-corrected chi connectivity index (χ0v) is 17.1. The fourth-order valence-corrected chi connectivity index (χ4v) is 3.55. The summed E-state index contributed by atoms with van der Waals surface area (Å²) in [5.74, 6) is 3.12. The SMILES string of the molecule is COC(=O)[C@H](CC#C[Si](C)(C)C(C)(C)C)NC(=O)CC1CCCC1. The van der Waals surface area contributed by atoms with Crippen LogP contribution in [0.2, 0.25) is 18.1 Å². The lowest BCUT2D eigenvalue weighted by Crippen LogP contribution is -2.42. The van der Waals surface area contributed by atoms with Gasteiger partial charge in [-0.05, 0) is 23.8 Å². The summed E-state index contributed by atoms with van der Waals surface area (Å²) in [6.45, 7) is 11.1. The van der Waals surface area contributed by atoms with E-state index in [1.54, 1.807) is 0 Å². The van der Waals surface area contributed by atoms with Crippen molar-refractivity contribution in [3.63, 3.8) is 0 Å². The highest BCUT2D eigenvalue weighted by Gasteiger charge is 2.33. The molecule has 24 heavy (non-hydrogen) atoms. The fourth-order valence-electron chi connectivity index (χ4n) is 2.63. The summed E-state index contributed by atoms with van der Waals surface area (Å²) in [5.41, 5.74) is 3.38. The molecule has 1 saturated carbocycles. The van der Waals surface area contributed by atoms with E-state index in [0.717, 1.165) is 12.8 Å². The molecule has 0 radical (unpaired) electrons. The molecular formula is C19H33NO3Si. The van der Waals surface area contributed by atoms with Crippen LogP contribution in [0.15, 0.2) is 0 Å². The standard InChI is InChI=1S/C19H33NO3Si/c1-19(2,3)24(5,6)13-9-12-16(18(22)23-4)20-17(21)14-15-10-7-8-11-15/h15-16H,7-8,10-12,14H2,1-6H3,(H,20,21)/t16-/m0/s1. The van der Waals surface area contributed by atoms with Crippen LogP contribution in [0.4, 0.5) is 0 Å². The van der Waals surface area contributed by atoms with E-state index in [2.05, 4.69) is 50.6 Å². The van der Waals surface area contributed by atoms with E-state index in [-0.39, 0.29) is 10.9 Å². The van der Waals surface area contributed by atoms with Crippen LogP contribution in [0, 0.1) is 17.4 Å². The van der Waals surface area contributed by atoms with Crippen LogP contribution in [0.25, 0.3) is 0 Å². The lowest BCUT2D eigenvalue weighted by molar-refractivity contribution is -0.145. The Morgan fingerprint density at radius 3 is 2.33 bits per heavy atom. The molecule has 1 amide bonds. The van der Waals surface area contributed by atoms with Gasteiger partial charge in [0.25, 0.3) is 0 Å². The van der Waals surface area contributed by atoms with Gasteiger partial charge in [0.15, 0.2) is 0 Å². The van der Waals surface area contributed by atoms with E-state index in [4.69, 9.17) is 4.74 Å². The third-order valence-electron chi connectivity index (χ3n) is 5.35. The molecular weight excluding hydrogens is 318 g/mol. The van der Waals surface area contributed by atoms with Gasteiger partial charge in [0.2, 0.25) is 5.91 Å². The van der Waals surface area contributed by atoms with E-state index in [1.165, 1.54) is 20.0 Å². The van der Waals surface area contributed by atoms with Gasteiger partial charge in [0, 0.05) is 12.8 Å². The third kappa shape index (κ3) is 6.31. The van der Waals surface area contributed by atoms with Gasteiger partial charge >= 0.3 is 5.97 Å². The van der Waals surface area contributed by atoms with Crippen LogP contribution < -0.4 is 5.32 Å². The summed E-state index contributed by atoms with van der Waals surface area (Å²) < 4.78 is 4.82. The zero-order chi connectivity index (χ0) is 18.4. The van der Waals surface area contributed by atoms with Crippen molar-refractivity contribution in [2.45, 2.75) is 83.5 Å². The lowest BCUT2D eigenvalue weighted by Gasteiger charge is -2.31. The monoisotopic (exact) mass is 351 g/mol. The molecule has 0 bridgehead atoms. The summed E-state index contributed by atoms with van der Waals surface area (Å²) in [5, 5.41) is 2.99. The van der Waals surface area contributed by atoms with Gasteiger partial charge in [-0.2, -0.15) is 0 Å². The molecule has 1 fully saturated rings. The molecule has 5 heteroatoms. The molecule has 0 aromatic rings. The van der Waals surface area contributed by atoms with Crippen LogP contribution in [0.3, 0.4) is 0 Å². The van der Waals surface area contributed by atoms with Crippen molar-refractivity contribution in [1.82, 2.24) is 5.32 Å². The molecule has 4 nitrogen and oxygen atoms in total. The van der Waals surface area contributed by atoms with Gasteiger partial charge < -0.3 is 10.1 Å². The molecule has 1 aliphatic rings. The van der Waals surface area contributed by atoms with E-state index >= 15 is 0 Å². The highest BCUT2D eigenvalue weighted by Crippen LogP contribution is 2.35. The Morgan fingerprint density at radius 1 is 1.25 bits per heavy atom. The minimum absolute atomic E-state index is 0.0635. The summed E-state index contributed by atoms with van der Waals surface area (Å²) in [7, 11) is -0.365. The smallest absolute Gasteiger partial charge is 0.329 e. The average molecular weight is 352 g/mol. The molecule has 0 spiro atoms. The molecule has 0 heterocycles. The normalized spacial score (nSPS) is 16.9. The number of amides is 1. The molecule has 1 atom stereocenters. The Hall–Kier alpha value is -1.28. The quantitative estimate of drug-likeness (QED) is 0.467. The van der Waals surface area contributed by atoms with Crippen molar-refractivity contribution in [2.75, 3.05) is 7.11 Å². The van der Waals surface area contributed by atoms with Gasteiger partial charge in [-0.25, -0.2) is 4.79 Å². The second kappa shape index (κ2) is 8.71. The van der Waals surface area contributed by atoms with Crippen LogP contribution in [-0.4, -0.2) is 33.1 Å². The molecule has 0 aromatic carbocycles. The van der Waals surface area contributed by atoms with Crippen LogP contribution >= 0.6 is 0 Å². The van der Waals surface area contributed by atoms with Crippen LogP contribution in [-0.2, 0) is 14.3 Å². The van der Waals surface area contributed by atoms with E-state index in [9.17, 15) is 9.59 Å². The van der Waals surface area contributed by atoms with E-state index < -0.39 is 20.1 Å². The summed E-state index contributed by atoms with van der Waals surface area (Å²) in [6.07, 6.45) is 5.45.